The quantitative estimate of drug-likeness (QED) is 0.816. The van der Waals surface area contributed by atoms with Crippen LogP contribution in [0.3, 0.4) is 0 Å². The van der Waals surface area contributed by atoms with Crippen molar-refractivity contribution in [3.8, 4) is 0 Å². The minimum atomic E-state index is -4.45. The third-order valence-corrected chi connectivity index (χ3v) is 3.90. The summed E-state index contributed by atoms with van der Waals surface area (Å²) >= 11 is 7.27. The second-order valence-corrected chi connectivity index (χ2v) is 5.70. The van der Waals surface area contributed by atoms with Crippen molar-refractivity contribution in [1.29, 1.82) is 0 Å². The molecule has 0 aromatic heterocycles. The predicted molar refractivity (Wildman–Crippen MR) is 74.0 cm³/mol. The zero-order chi connectivity index (χ0) is 14.0. The Morgan fingerprint density at radius 2 is 2.16 bits per heavy atom. The summed E-state index contributed by atoms with van der Waals surface area (Å²) in [5.74, 6) is 0.832. The molecule has 1 aromatic rings. The molecule has 0 saturated carbocycles. The number of hydrogen-bond acceptors (Lipinski definition) is 3. The standard InChI is InChI=1S/C12H12ClF3N2S/c1-7-5-6-19-11(17-7)18-10-8(12(14,15)16)3-2-4-9(10)13/h2-4,7H,5-6H2,1H3,(H,17,18). The van der Waals surface area contributed by atoms with Crippen LogP contribution in [0.1, 0.15) is 18.9 Å². The van der Waals surface area contributed by atoms with Gasteiger partial charge in [-0.05, 0) is 25.5 Å². The van der Waals surface area contributed by atoms with Gasteiger partial charge in [0.2, 0.25) is 0 Å². The Morgan fingerprint density at radius 3 is 2.79 bits per heavy atom. The van der Waals surface area contributed by atoms with Crippen molar-refractivity contribution in [3.63, 3.8) is 0 Å². The average molecular weight is 309 g/mol. The fourth-order valence-corrected chi connectivity index (χ4v) is 2.99. The first-order chi connectivity index (χ1) is 8.88. The maximum atomic E-state index is 12.9. The summed E-state index contributed by atoms with van der Waals surface area (Å²) in [6.45, 7) is 1.93. The van der Waals surface area contributed by atoms with Crippen molar-refractivity contribution < 1.29 is 13.2 Å². The number of rotatable bonds is 1. The minimum Gasteiger partial charge on any atom is -0.333 e. The van der Waals surface area contributed by atoms with E-state index in [1.165, 1.54) is 23.9 Å². The van der Waals surface area contributed by atoms with Crippen molar-refractivity contribution in [2.75, 3.05) is 11.1 Å². The zero-order valence-electron chi connectivity index (χ0n) is 10.1. The molecule has 1 aliphatic heterocycles. The highest BCUT2D eigenvalue weighted by atomic mass is 35.5. The third kappa shape index (κ3) is 3.57. The number of hydrogen-bond donors (Lipinski definition) is 1. The van der Waals surface area contributed by atoms with E-state index < -0.39 is 11.7 Å². The van der Waals surface area contributed by atoms with E-state index in [9.17, 15) is 13.2 Å². The van der Waals surface area contributed by atoms with Crippen molar-refractivity contribution in [2.45, 2.75) is 25.6 Å². The molecule has 7 heteroatoms. The molecule has 0 spiro atoms. The number of alkyl halides is 3. The fourth-order valence-electron chi connectivity index (χ4n) is 1.69. The van der Waals surface area contributed by atoms with E-state index >= 15 is 0 Å². The zero-order valence-corrected chi connectivity index (χ0v) is 11.7. The molecule has 104 valence electrons. The summed E-state index contributed by atoms with van der Waals surface area (Å²) < 4.78 is 38.7. The van der Waals surface area contributed by atoms with E-state index in [0.717, 1.165) is 18.2 Å². The van der Waals surface area contributed by atoms with Crippen LogP contribution in [0.25, 0.3) is 0 Å². The molecular weight excluding hydrogens is 297 g/mol. The summed E-state index contributed by atoms with van der Waals surface area (Å²) in [6, 6.07) is 3.83. The first-order valence-corrected chi connectivity index (χ1v) is 7.07. The van der Waals surface area contributed by atoms with Crippen molar-refractivity contribution >= 4 is 34.2 Å². The van der Waals surface area contributed by atoms with Crippen LogP contribution in [-0.2, 0) is 6.18 Å². The van der Waals surface area contributed by atoms with E-state index in [-0.39, 0.29) is 16.8 Å². The van der Waals surface area contributed by atoms with Crippen LogP contribution < -0.4 is 5.32 Å². The van der Waals surface area contributed by atoms with Gasteiger partial charge >= 0.3 is 6.18 Å². The largest absolute Gasteiger partial charge is 0.418 e. The highest BCUT2D eigenvalue weighted by Crippen LogP contribution is 2.39. The smallest absolute Gasteiger partial charge is 0.333 e. The number of thioether (sulfide) groups is 1. The second kappa shape index (κ2) is 5.63. The van der Waals surface area contributed by atoms with Crippen LogP contribution >= 0.6 is 23.4 Å². The lowest BCUT2D eigenvalue weighted by molar-refractivity contribution is -0.136. The molecule has 1 aliphatic rings. The number of anilines is 1. The van der Waals surface area contributed by atoms with Gasteiger partial charge in [-0.15, -0.1) is 0 Å². The van der Waals surface area contributed by atoms with E-state index in [0.29, 0.717) is 5.17 Å². The first kappa shape index (κ1) is 14.5. The number of aliphatic imine (C=N–C) groups is 1. The van der Waals surface area contributed by atoms with E-state index in [4.69, 9.17) is 11.6 Å². The van der Waals surface area contributed by atoms with Crippen molar-refractivity contribution in [1.82, 2.24) is 0 Å². The van der Waals surface area contributed by atoms with Gasteiger partial charge in [-0.3, -0.25) is 4.99 Å². The number of amidine groups is 1. The molecule has 1 atom stereocenters. The number of nitrogens with zero attached hydrogens (tertiary/aromatic N) is 1. The molecule has 1 unspecified atom stereocenters. The van der Waals surface area contributed by atoms with Gasteiger partial charge < -0.3 is 5.32 Å². The van der Waals surface area contributed by atoms with E-state index in [1.807, 2.05) is 6.92 Å². The third-order valence-electron chi connectivity index (χ3n) is 2.66. The van der Waals surface area contributed by atoms with Crippen LogP contribution in [-0.4, -0.2) is 17.0 Å². The number of benzene rings is 1. The van der Waals surface area contributed by atoms with Gasteiger partial charge in [0.15, 0.2) is 5.17 Å². The maximum Gasteiger partial charge on any atom is 0.418 e. The maximum absolute atomic E-state index is 12.9. The van der Waals surface area contributed by atoms with Gasteiger partial charge in [0.25, 0.3) is 0 Å². The normalized spacial score (nSPS) is 20.1. The summed E-state index contributed by atoms with van der Waals surface area (Å²) in [5.41, 5.74) is -0.904. The SMILES string of the molecule is CC1CCSC(Nc2c(Cl)cccc2C(F)(F)F)=N1. The Hall–Kier alpha value is -0.880. The summed E-state index contributed by atoms with van der Waals surface area (Å²) in [6.07, 6.45) is -3.52. The molecule has 0 amide bonds. The lowest BCUT2D eigenvalue weighted by atomic mass is 10.1. The second-order valence-electron chi connectivity index (χ2n) is 4.21. The van der Waals surface area contributed by atoms with Crippen LogP contribution in [0.5, 0.6) is 0 Å². The monoisotopic (exact) mass is 308 g/mol. The Morgan fingerprint density at radius 1 is 1.42 bits per heavy atom. The summed E-state index contributed by atoms with van der Waals surface area (Å²) in [7, 11) is 0. The van der Waals surface area contributed by atoms with E-state index in [2.05, 4.69) is 10.3 Å². The summed E-state index contributed by atoms with van der Waals surface area (Å²) in [4.78, 5) is 4.28. The van der Waals surface area contributed by atoms with Crippen LogP contribution in [0.2, 0.25) is 5.02 Å². The van der Waals surface area contributed by atoms with Gasteiger partial charge in [0.1, 0.15) is 0 Å². The average Bonchev–Trinajstić information content (AvgIpc) is 2.30. The lowest BCUT2D eigenvalue weighted by Crippen LogP contribution is -2.20. The Labute approximate surface area is 118 Å². The molecule has 2 rings (SSSR count). The molecule has 0 fully saturated rings. The predicted octanol–water partition coefficient (Wildman–Crippen LogP) is 4.65. The van der Waals surface area contributed by atoms with Crippen molar-refractivity contribution in [2.24, 2.45) is 4.99 Å². The van der Waals surface area contributed by atoms with Crippen LogP contribution in [0.4, 0.5) is 18.9 Å². The summed E-state index contributed by atoms with van der Waals surface area (Å²) in [5, 5.41) is 3.24. The Bertz CT molecular complexity index is 502. The first-order valence-electron chi connectivity index (χ1n) is 5.71. The van der Waals surface area contributed by atoms with Gasteiger partial charge in [-0.25, -0.2) is 0 Å². The van der Waals surface area contributed by atoms with Gasteiger partial charge in [0, 0.05) is 5.75 Å². The Balaban J connectivity index is 2.34. The topological polar surface area (TPSA) is 24.4 Å². The molecule has 2 nitrogen and oxygen atoms in total. The highest BCUT2D eigenvalue weighted by molar-refractivity contribution is 8.14. The molecule has 0 aliphatic carbocycles. The molecule has 1 N–H and O–H groups in total. The molecule has 1 heterocycles. The molecule has 1 aromatic carbocycles. The minimum absolute atomic E-state index is 0.0383. The van der Waals surface area contributed by atoms with Gasteiger partial charge in [0.05, 0.1) is 22.3 Å². The lowest BCUT2D eigenvalue weighted by Gasteiger charge is -2.20. The molecular formula is C12H12ClF3N2S. The molecule has 0 saturated heterocycles. The molecule has 0 radical (unpaired) electrons. The number of nitrogens with one attached hydrogen (secondary N) is 1. The number of halogens is 4. The van der Waals surface area contributed by atoms with Crippen LogP contribution in [0, 0.1) is 0 Å². The van der Waals surface area contributed by atoms with Gasteiger partial charge in [-0.2, -0.15) is 13.2 Å². The molecule has 19 heavy (non-hydrogen) atoms. The highest BCUT2D eigenvalue weighted by Gasteiger charge is 2.34. The Kier molecular flexibility index (Phi) is 4.30. The van der Waals surface area contributed by atoms with Crippen LogP contribution in [0.15, 0.2) is 23.2 Å². The fraction of sp³-hybridized carbons (Fsp3) is 0.417. The molecule has 0 bridgehead atoms. The number of para-hydroxylation sites is 1. The van der Waals surface area contributed by atoms with E-state index in [1.54, 1.807) is 0 Å². The van der Waals surface area contributed by atoms with Gasteiger partial charge in [-0.1, -0.05) is 29.4 Å². The van der Waals surface area contributed by atoms with Crippen molar-refractivity contribution in [3.05, 3.63) is 28.8 Å².